The highest BCUT2D eigenvalue weighted by molar-refractivity contribution is 5.91. The Labute approximate surface area is 153 Å². The first kappa shape index (κ1) is 18.3. The normalized spacial score (nSPS) is 17.6. The fourth-order valence-corrected chi connectivity index (χ4v) is 3.26. The van der Waals surface area contributed by atoms with Crippen molar-refractivity contribution in [3.8, 4) is 0 Å². The Bertz CT molecular complexity index is 750. The molecule has 1 aliphatic heterocycles. The zero-order valence-electron chi connectivity index (χ0n) is 15.9. The summed E-state index contributed by atoms with van der Waals surface area (Å²) >= 11 is 0. The molecule has 2 aromatic heterocycles. The van der Waals surface area contributed by atoms with Crippen molar-refractivity contribution in [3.63, 3.8) is 0 Å². The van der Waals surface area contributed by atoms with Crippen LogP contribution in [0.4, 0.5) is 11.9 Å². The largest absolute Gasteiger partial charge is 0.340 e. The average molecular weight is 357 g/mol. The Hall–Kier alpha value is -2.51. The molecule has 1 amide bonds. The van der Waals surface area contributed by atoms with Crippen LogP contribution in [0.3, 0.4) is 0 Å². The Balaban J connectivity index is 1.63. The number of carbonyl (C=O) groups excluding carboxylic acids is 1. The van der Waals surface area contributed by atoms with Crippen LogP contribution < -0.4 is 10.2 Å². The van der Waals surface area contributed by atoms with Crippen LogP contribution in [0, 0.1) is 25.7 Å². The summed E-state index contributed by atoms with van der Waals surface area (Å²) in [5.41, 5.74) is 1.88. The second kappa shape index (κ2) is 7.80. The van der Waals surface area contributed by atoms with Gasteiger partial charge in [-0.25, -0.2) is 9.97 Å². The number of aromatic nitrogens is 5. The molecule has 2 aromatic rings. The van der Waals surface area contributed by atoms with Crippen LogP contribution in [0.15, 0.2) is 6.07 Å². The van der Waals surface area contributed by atoms with Crippen molar-refractivity contribution in [3.05, 3.63) is 23.3 Å². The summed E-state index contributed by atoms with van der Waals surface area (Å²) in [5, 5.41) is 9.82. The fraction of sp³-hybridized carbons (Fsp3) is 0.611. The number of hydrogen-bond acceptors (Lipinski definition) is 6. The molecule has 0 spiro atoms. The van der Waals surface area contributed by atoms with E-state index < -0.39 is 0 Å². The average Bonchev–Trinajstić information content (AvgIpc) is 3.00. The Morgan fingerprint density at radius 1 is 1.31 bits per heavy atom. The van der Waals surface area contributed by atoms with Crippen LogP contribution in [-0.4, -0.2) is 44.1 Å². The molecule has 8 heteroatoms. The van der Waals surface area contributed by atoms with Crippen molar-refractivity contribution < 1.29 is 4.79 Å². The van der Waals surface area contributed by atoms with Gasteiger partial charge in [0.05, 0.1) is 5.92 Å². The highest BCUT2D eigenvalue weighted by atomic mass is 16.2. The van der Waals surface area contributed by atoms with Crippen LogP contribution in [-0.2, 0) is 11.2 Å². The maximum atomic E-state index is 12.6. The van der Waals surface area contributed by atoms with Crippen molar-refractivity contribution in [1.82, 2.24) is 25.1 Å². The van der Waals surface area contributed by atoms with Crippen molar-refractivity contribution >= 4 is 17.8 Å². The summed E-state index contributed by atoms with van der Waals surface area (Å²) in [7, 11) is 0. The lowest BCUT2D eigenvalue weighted by molar-refractivity contribution is -0.120. The number of piperidine rings is 1. The maximum absolute atomic E-state index is 12.6. The Kier molecular flexibility index (Phi) is 5.49. The predicted octanol–water partition coefficient (Wildman–Crippen LogP) is 2.27. The molecule has 3 heterocycles. The van der Waals surface area contributed by atoms with Gasteiger partial charge in [-0.15, -0.1) is 5.10 Å². The summed E-state index contributed by atoms with van der Waals surface area (Å²) in [6.45, 7) is 9.64. The maximum Gasteiger partial charge on any atom is 0.248 e. The summed E-state index contributed by atoms with van der Waals surface area (Å²) in [4.78, 5) is 28.1. The number of amides is 1. The molecular weight excluding hydrogens is 330 g/mol. The number of carbonyl (C=O) groups is 1. The summed E-state index contributed by atoms with van der Waals surface area (Å²) < 4.78 is 0. The zero-order chi connectivity index (χ0) is 18.7. The highest BCUT2D eigenvalue weighted by Gasteiger charge is 2.28. The molecule has 1 aliphatic rings. The predicted molar refractivity (Wildman–Crippen MR) is 100.0 cm³/mol. The molecule has 0 saturated carbocycles. The summed E-state index contributed by atoms with van der Waals surface area (Å²) in [5.74, 6) is 2.16. The van der Waals surface area contributed by atoms with Crippen LogP contribution in [0.5, 0.6) is 0 Å². The Morgan fingerprint density at radius 2 is 2.04 bits per heavy atom. The number of aromatic amines is 1. The van der Waals surface area contributed by atoms with E-state index in [0.717, 1.165) is 43.0 Å². The van der Waals surface area contributed by atoms with Gasteiger partial charge < -0.3 is 4.90 Å². The van der Waals surface area contributed by atoms with Crippen LogP contribution >= 0.6 is 0 Å². The van der Waals surface area contributed by atoms with Crippen LogP contribution in [0.1, 0.15) is 43.9 Å². The van der Waals surface area contributed by atoms with Crippen LogP contribution in [0.25, 0.3) is 0 Å². The van der Waals surface area contributed by atoms with Gasteiger partial charge in [-0.1, -0.05) is 13.8 Å². The van der Waals surface area contributed by atoms with Gasteiger partial charge in [0.25, 0.3) is 0 Å². The monoisotopic (exact) mass is 357 g/mol. The molecule has 0 unspecified atom stereocenters. The van der Waals surface area contributed by atoms with E-state index in [2.05, 4.69) is 49.2 Å². The summed E-state index contributed by atoms with van der Waals surface area (Å²) in [6.07, 6.45) is 2.58. The van der Waals surface area contributed by atoms with Gasteiger partial charge in [-0.05, 0) is 38.7 Å². The lowest BCUT2D eigenvalue weighted by Crippen LogP contribution is -2.41. The van der Waals surface area contributed by atoms with Gasteiger partial charge in [-0.3, -0.25) is 15.2 Å². The van der Waals surface area contributed by atoms with E-state index in [1.54, 1.807) is 0 Å². The highest BCUT2D eigenvalue weighted by Crippen LogP contribution is 2.22. The first-order valence-corrected chi connectivity index (χ1v) is 9.20. The minimum absolute atomic E-state index is 0.0471. The van der Waals surface area contributed by atoms with Crippen molar-refractivity contribution in [1.29, 1.82) is 0 Å². The molecule has 1 fully saturated rings. The molecule has 140 valence electrons. The number of aryl methyl sites for hydroxylation is 2. The van der Waals surface area contributed by atoms with E-state index in [1.165, 1.54) is 0 Å². The number of anilines is 2. The third-order valence-electron chi connectivity index (χ3n) is 4.41. The Morgan fingerprint density at radius 3 is 2.73 bits per heavy atom. The first-order chi connectivity index (χ1) is 12.4. The molecule has 3 rings (SSSR count). The molecule has 0 bridgehead atoms. The minimum Gasteiger partial charge on any atom is -0.340 e. The number of nitrogens with zero attached hydrogens (tertiary/aromatic N) is 5. The lowest BCUT2D eigenvalue weighted by atomic mass is 9.97. The van der Waals surface area contributed by atoms with Crippen LogP contribution in [0.2, 0.25) is 0 Å². The molecule has 0 aromatic carbocycles. The first-order valence-electron chi connectivity index (χ1n) is 9.20. The number of rotatable bonds is 5. The summed E-state index contributed by atoms with van der Waals surface area (Å²) in [6, 6.07) is 1.95. The van der Waals surface area contributed by atoms with Gasteiger partial charge in [0.2, 0.25) is 17.8 Å². The molecule has 26 heavy (non-hydrogen) atoms. The minimum atomic E-state index is -0.125. The second-order valence-corrected chi connectivity index (χ2v) is 7.43. The smallest absolute Gasteiger partial charge is 0.248 e. The van der Waals surface area contributed by atoms with E-state index in [4.69, 9.17) is 0 Å². The molecule has 1 saturated heterocycles. The van der Waals surface area contributed by atoms with E-state index >= 15 is 0 Å². The SMILES string of the molecule is Cc1cc(C)nc(N2CCC[C@@H](C(=O)Nc3n[nH]c(CC(C)C)n3)C2)n1. The van der Waals surface area contributed by atoms with Crippen molar-refractivity contribution in [2.45, 2.75) is 47.0 Å². The van der Waals surface area contributed by atoms with E-state index in [9.17, 15) is 4.79 Å². The molecular formula is C18H27N7O. The van der Waals surface area contributed by atoms with Crippen molar-refractivity contribution in [2.24, 2.45) is 11.8 Å². The fourth-order valence-electron chi connectivity index (χ4n) is 3.26. The lowest BCUT2D eigenvalue weighted by Gasteiger charge is -2.32. The van der Waals surface area contributed by atoms with Gasteiger partial charge in [0.15, 0.2) is 0 Å². The third-order valence-corrected chi connectivity index (χ3v) is 4.41. The molecule has 0 aliphatic carbocycles. The quantitative estimate of drug-likeness (QED) is 0.851. The molecule has 0 radical (unpaired) electrons. The third kappa shape index (κ3) is 4.56. The number of hydrogen-bond donors (Lipinski definition) is 2. The molecule has 8 nitrogen and oxygen atoms in total. The topological polar surface area (TPSA) is 99.7 Å². The van der Waals surface area contributed by atoms with Gasteiger partial charge in [-0.2, -0.15) is 4.98 Å². The molecule has 1 atom stereocenters. The van der Waals surface area contributed by atoms with Crippen molar-refractivity contribution in [2.75, 3.05) is 23.3 Å². The van der Waals surface area contributed by atoms with E-state index in [1.807, 2.05) is 19.9 Å². The van der Waals surface area contributed by atoms with E-state index in [0.29, 0.717) is 24.4 Å². The van der Waals surface area contributed by atoms with E-state index in [-0.39, 0.29) is 11.8 Å². The number of H-pyrrole nitrogens is 1. The van der Waals surface area contributed by atoms with Gasteiger partial charge >= 0.3 is 0 Å². The molecule has 2 N–H and O–H groups in total. The zero-order valence-corrected chi connectivity index (χ0v) is 15.9. The number of nitrogens with one attached hydrogen (secondary N) is 2. The second-order valence-electron chi connectivity index (χ2n) is 7.43. The van der Waals surface area contributed by atoms with Gasteiger partial charge in [0, 0.05) is 30.9 Å². The standard InChI is InChI=1S/C18H27N7O/c1-11(2)8-15-21-17(24-23-15)22-16(26)14-6-5-7-25(10-14)18-19-12(3)9-13(4)20-18/h9,11,14H,5-8,10H2,1-4H3,(H2,21,22,23,24,26)/t14-/m1/s1. The van der Waals surface area contributed by atoms with Gasteiger partial charge in [0.1, 0.15) is 5.82 Å².